The Kier molecular flexibility index (Phi) is 8.28. The van der Waals surface area contributed by atoms with Gasteiger partial charge in [0, 0.05) is 12.1 Å². The number of non-ortho nitro benzene ring substituents is 1. The van der Waals surface area contributed by atoms with Crippen molar-refractivity contribution < 1.29 is 28.5 Å². The Labute approximate surface area is 220 Å². The Bertz CT molecular complexity index is 1100. The molecule has 1 fully saturated rings. The third-order valence-corrected chi connectivity index (χ3v) is 9.94. The van der Waals surface area contributed by atoms with Crippen molar-refractivity contribution in [1.82, 2.24) is 4.90 Å². The smallest absolute Gasteiger partial charge is 0.357 e. The number of fused-ring (bicyclic) bond motifs is 1. The number of primary amides is 1. The average Bonchev–Trinajstić information content (AvgIpc) is 3.09. The first-order chi connectivity index (χ1) is 16.7. The molecule has 0 saturated carbocycles. The molecule has 2 unspecified atom stereocenters. The molecule has 2 heterocycles. The molecule has 0 spiro atoms. The third-order valence-electron chi connectivity index (χ3n) is 6.32. The Morgan fingerprint density at radius 3 is 2.33 bits per heavy atom. The maximum atomic E-state index is 13.5. The summed E-state index contributed by atoms with van der Waals surface area (Å²) in [6.45, 7) is 12.1. The minimum Gasteiger partial charge on any atom is -0.456 e. The summed E-state index contributed by atoms with van der Waals surface area (Å²) in [6, 6.07) is 5.66. The van der Waals surface area contributed by atoms with Gasteiger partial charge in [0.05, 0.1) is 26.4 Å². The molecule has 2 N–H and O–H groups in total. The summed E-state index contributed by atoms with van der Waals surface area (Å²) in [7, 11) is -1.53. The zero-order valence-corrected chi connectivity index (χ0v) is 23.9. The monoisotopic (exact) mass is 553 g/mol. The van der Waals surface area contributed by atoms with Crippen LogP contribution in [0.2, 0.25) is 13.1 Å². The van der Waals surface area contributed by atoms with Crippen molar-refractivity contribution in [2.75, 3.05) is 5.75 Å². The van der Waals surface area contributed by atoms with E-state index in [9.17, 15) is 24.5 Å². The number of nitro groups is 1. The molecule has 3 rings (SSSR count). The molecule has 0 bridgehead atoms. The van der Waals surface area contributed by atoms with E-state index in [0.717, 1.165) is 11.8 Å². The quantitative estimate of drug-likeness (QED) is 0.152. The molecular weight excluding hydrogens is 522 g/mol. The maximum absolute atomic E-state index is 13.5. The van der Waals surface area contributed by atoms with Gasteiger partial charge in [-0.2, -0.15) is 0 Å². The molecule has 36 heavy (non-hydrogen) atoms. The predicted octanol–water partition coefficient (Wildman–Crippen LogP) is 3.36. The van der Waals surface area contributed by atoms with Crippen LogP contribution in [-0.2, 0) is 30.2 Å². The van der Waals surface area contributed by atoms with E-state index in [0.29, 0.717) is 9.80 Å². The van der Waals surface area contributed by atoms with Crippen LogP contribution in [0.25, 0.3) is 0 Å². The minimum atomic E-state index is -1.53. The van der Waals surface area contributed by atoms with Crippen molar-refractivity contribution in [3.63, 3.8) is 0 Å². The number of hydrogen-bond acceptors (Lipinski definition) is 9. The van der Waals surface area contributed by atoms with Crippen LogP contribution in [0.3, 0.4) is 0 Å². The van der Waals surface area contributed by atoms with E-state index in [2.05, 4.69) is 13.1 Å². The van der Waals surface area contributed by atoms with Crippen LogP contribution in [0.4, 0.5) is 5.69 Å². The molecule has 1 aromatic carbocycles. The van der Waals surface area contributed by atoms with Gasteiger partial charge in [-0.05, 0) is 43.1 Å². The Balaban J connectivity index is 1.84. The summed E-state index contributed by atoms with van der Waals surface area (Å²) in [5.41, 5.74) is 4.81. The van der Waals surface area contributed by atoms with Gasteiger partial charge in [-0.1, -0.05) is 32.5 Å². The molecule has 10 nitrogen and oxygen atoms in total. The van der Waals surface area contributed by atoms with Gasteiger partial charge in [0.1, 0.15) is 12.0 Å². The number of rotatable bonds is 10. The first kappa shape index (κ1) is 28.2. The number of thioether (sulfide) groups is 2. The highest BCUT2D eigenvalue weighted by atomic mass is 32.2. The number of amides is 2. The predicted molar refractivity (Wildman–Crippen MR) is 141 cm³/mol. The number of nitrogens with zero attached hydrogens (tertiary/aromatic N) is 2. The topological polar surface area (TPSA) is 142 Å². The highest BCUT2D eigenvalue weighted by molar-refractivity contribution is 8.23. The summed E-state index contributed by atoms with van der Waals surface area (Å²) < 4.78 is 12.4. The number of esters is 1. The third kappa shape index (κ3) is 5.48. The van der Waals surface area contributed by atoms with E-state index in [-0.39, 0.29) is 40.4 Å². The van der Waals surface area contributed by atoms with Crippen LogP contribution in [0, 0.1) is 21.4 Å². The van der Waals surface area contributed by atoms with Crippen molar-refractivity contribution in [2.24, 2.45) is 17.1 Å². The normalized spacial score (nSPS) is 21.2. The molecular formula is C23H31N3O7S2Si. The van der Waals surface area contributed by atoms with Crippen LogP contribution in [0.15, 0.2) is 34.2 Å². The molecule has 13 heteroatoms. The molecule has 1 saturated heterocycles. The molecule has 0 aromatic heterocycles. The zero-order chi connectivity index (χ0) is 27.0. The Morgan fingerprint density at radius 2 is 1.83 bits per heavy atom. The van der Waals surface area contributed by atoms with Gasteiger partial charge in [-0.15, -0.1) is 11.8 Å². The van der Waals surface area contributed by atoms with Crippen LogP contribution < -0.4 is 5.73 Å². The lowest BCUT2D eigenvalue weighted by atomic mass is 9.66. The minimum absolute atomic E-state index is 0.0488. The summed E-state index contributed by atoms with van der Waals surface area (Å²) >= 11 is 2.45. The summed E-state index contributed by atoms with van der Waals surface area (Å²) in [4.78, 5) is 49.9. The van der Waals surface area contributed by atoms with Crippen molar-refractivity contribution in [3.05, 3.63) is 49.9 Å². The largest absolute Gasteiger partial charge is 0.456 e. The number of nitrogens with two attached hydrogens (primary N) is 1. The molecule has 2 aliphatic heterocycles. The van der Waals surface area contributed by atoms with Gasteiger partial charge in [0.15, 0.2) is 14.7 Å². The standard InChI is InChI=1S/C23H31N3O7S2Si/c1-22(2,3)23(4,33-36(5)6)16-18(28)25-17(21(35-19(16)25)34-12-15(24)27)20(29)32-11-13-7-9-14(10-8-13)26(30)31/h7-10,16,19,36H,11-12H2,1-6H3,(H2,24,27)/t16?,19-,23?/m1/s1. The van der Waals surface area contributed by atoms with Gasteiger partial charge in [-0.25, -0.2) is 4.79 Å². The zero-order valence-electron chi connectivity index (χ0n) is 21.1. The molecule has 0 radical (unpaired) electrons. The molecule has 196 valence electrons. The van der Waals surface area contributed by atoms with Gasteiger partial charge in [-0.3, -0.25) is 24.6 Å². The van der Waals surface area contributed by atoms with Crippen molar-refractivity contribution in [3.8, 4) is 0 Å². The Morgan fingerprint density at radius 1 is 1.22 bits per heavy atom. The highest BCUT2D eigenvalue weighted by Gasteiger charge is 2.65. The molecule has 3 atom stereocenters. The first-order valence-electron chi connectivity index (χ1n) is 11.4. The summed E-state index contributed by atoms with van der Waals surface area (Å²) in [6.07, 6.45) is 0. The second-order valence-electron chi connectivity index (χ2n) is 10.1. The SMILES string of the molecule is C[SiH](C)OC(C)(C1C(=O)N2C(C(=O)OCc3ccc([N+](=O)[O-])cc3)=C(SCC(N)=O)S[C@H]12)C(C)(C)C. The second-order valence-corrected chi connectivity index (χ2v) is 14.8. The van der Waals surface area contributed by atoms with Crippen LogP contribution in [0.5, 0.6) is 0 Å². The molecule has 2 amide bonds. The van der Waals surface area contributed by atoms with E-state index < -0.39 is 37.4 Å². The van der Waals surface area contributed by atoms with E-state index in [1.54, 1.807) is 0 Å². The van der Waals surface area contributed by atoms with Crippen LogP contribution >= 0.6 is 23.5 Å². The van der Waals surface area contributed by atoms with Crippen molar-refractivity contribution >= 4 is 56.0 Å². The van der Waals surface area contributed by atoms with Gasteiger partial charge >= 0.3 is 5.97 Å². The number of carbonyl (C=O) groups is 3. The maximum Gasteiger partial charge on any atom is 0.357 e. The summed E-state index contributed by atoms with van der Waals surface area (Å²) in [5.74, 6) is -2.01. The number of nitro benzene ring substituents is 1. The molecule has 2 aliphatic rings. The first-order valence-corrected chi connectivity index (χ1v) is 16.1. The lowest BCUT2D eigenvalue weighted by Gasteiger charge is -2.56. The van der Waals surface area contributed by atoms with Crippen LogP contribution in [0.1, 0.15) is 33.3 Å². The lowest BCUT2D eigenvalue weighted by Crippen LogP contribution is -2.69. The van der Waals surface area contributed by atoms with Crippen molar-refractivity contribution in [2.45, 2.75) is 58.4 Å². The van der Waals surface area contributed by atoms with Gasteiger partial charge in [0.2, 0.25) is 11.8 Å². The summed E-state index contributed by atoms with van der Waals surface area (Å²) in [5, 5.41) is 10.5. The van der Waals surface area contributed by atoms with E-state index >= 15 is 0 Å². The van der Waals surface area contributed by atoms with Crippen molar-refractivity contribution in [1.29, 1.82) is 0 Å². The fourth-order valence-electron chi connectivity index (χ4n) is 4.15. The number of β-lactam (4-membered cyclic amide) rings is 1. The molecule has 0 aliphatic carbocycles. The Hall–Kier alpha value is -2.35. The fourth-order valence-corrected chi connectivity index (χ4v) is 8.31. The number of benzene rings is 1. The van der Waals surface area contributed by atoms with E-state index in [1.165, 1.54) is 40.9 Å². The fraction of sp³-hybridized carbons (Fsp3) is 0.522. The highest BCUT2D eigenvalue weighted by Crippen LogP contribution is 2.59. The van der Waals surface area contributed by atoms with Crippen LogP contribution in [-0.4, -0.2) is 53.4 Å². The van der Waals surface area contributed by atoms with E-state index in [4.69, 9.17) is 14.9 Å². The second kappa shape index (κ2) is 10.6. The average molecular weight is 554 g/mol. The number of ether oxygens (including phenoxy) is 1. The molecule has 1 aromatic rings. The number of carbonyl (C=O) groups excluding carboxylic acids is 3. The number of hydrogen-bond donors (Lipinski definition) is 1. The van der Waals surface area contributed by atoms with Gasteiger partial charge < -0.3 is 14.9 Å². The van der Waals surface area contributed by atoms with E-state index in [1.807, 2.05) is 27.7 Å². The lowest BCUT2D eigenvalue weighted by molar-refractivity contribution is -0.384. The van der Waals surface area contributed by atoms with Gasteiger partial charge in [0.25, 0.3) is 5.69 Å².